The minimum absolute atomic E-state index is 0.0103. The number of aliphatic hydroxyl groups excluding tert-OH is 1. The summed E-state index contributed by atoms with van der Waals surface area (Å²) in [7, 11) is 1.61. The highest BCUT2D eigenvalue weighted by Gasteiger charge is 2.30. The highest BCUT2D eigenvalue weighted by molar-refractivity contribution is 6.07. The van der Waals surface area contributed by atoms with Crippen LogP contribution >= 0.6 is 0 Å². The third-order valence-corrected chi connectivity index (χ3v) is 5.16. The lowest BCUT2D eigenvalue weighted by Crippen LogP contribution is -2.37. The van der Waals surface area contributed by atoms with Crippen molar-refractivity contribution in [3.63, 3.8) is 0 Å². The average molecular weight is 362 g/mol. The number of hydrogen-bond donors (Lipinski definition) is 1. The largest absolute Gasteiger partial charge is 0.497 e. The van der Waals surface area contributed by atoms with Crippen molar-refractivity contribution in [3.05, 3.63) is 60.2 Å². The second-order valence-corrected chi connectivity index (χ2v) is 6.78. The van der Waals surface area contributed by atoms with Gasteiger partial charge < -0.3 is 14.7 Å². The van der Waals surface area contributed by atoms with E-state index in [1.165, 1.54) is 0 Å². The fraction of sp³-hybridized carbons (Fsp3) is 0.273. The molecule has 1 atom stereocenters. The number of benzene rings is 2. The number of pyridine rings is 1. The molecular weight excluding hydrogens is 340 g/mol. The van der Waals surface area contributed by atoms with Gasteiger partial charge in [-0.1, -0.05) is 30.3 Å². The molecule has 1 aliphatic heterocycles. The van der Waals surface area contributed by atoms with Crippen LogP contribution in [-0.2, 0) is 0 Å². The van der Waals surface area contributed by atoms with E-state index in [2.05, 4.69) is 0 Å². The Hall–Kier alpha value is -2.92. The highest BCUT2D eigenvalue weighted by Crippen LogP contribution is 2.30. The van der Waals surface area contributed by atoms with Crippen LogP contribution in [-0.4, -0.2) is 47.2 Å². The van der Waals surface area contributed by atoms with Gasteiger partial charge in [-0.15, -0.1) is 0 Å². The fourth-order valence-corrected chi connectivity index (χ4v) is 3.71. The normalized spacial score (nSPS) is 16.7. The molecule has 1 amide bonds. The van der Waals surface area contributed by atoms with E-state index in [-0.39, 0.29) is 18.6 Å². The summed E-state index contributed by atoms with van der Waals surface area (Å²) < 4.78 is 5.35. The Morgan fingerprint density at radius 2 is 2.04 bits per heavy atom. The number of likely N-dealkylation sites (tertiary alicyclic amines) is 1. The van der Waals surface area contributed by atoms with Gasteiger partial charge in [0.2, 0.25) is 0 Å². The summed E-state index contributed by atoms with van der Waals surface area (Å²) in [6.45, 7) is 0.655. The molecule has 2 heterocycles. The zero-order chi connectivity index (χ0) is 18.8. The number of methoxy groups -OCH3 is 1. The number of aromatic nitrogens is 1. The molecule has 0 bridgehead atoms. The zero-order valence-electron chi connectivity index (χ0n) is 15.3. The smallest absolute Gasteiger partial charge is 0.254 e. The lowest BCUT2D eigenvalue weighted by molar-refractivity contribution is 0.0679. The van der Waals surface area contributed by atoms with Crippen LogP contribution < -0.4 is 4.74 Å². The van der Waals surface area contributed by atoms with Crippen molar-refractivity contribution in [1.29, 1.82) is 0 Å². The van der Waals surface area contributed by atoms with Crippen molar-refractivity contribution < 1.29 is 14.6 Å². The van der Waals surface area contributed by atoms with Crippen LogP contribution in [0.2, 0.25) is 0 Å². The van der Waals surface area contributed by atoms with Gasteiger partial charge in [-0.05, 0) is 37.1 Å². The van der Waals surface area contributed by atoms with Crippen molar-refractivity contribution in [2.24, 2.45) is 0 Å². The van der Waals surface area contributed by atoms with Crippen LogP contribution in [0.5, 0.6) is 5.75 Å². The van der Waals surface area contributed by atoms with E-state index in [1.807, 2.05) is 54.6 Å². The predicted molar refractivity (Wildman–Crippen MR) is 105 cm³/mol. The molecule has 0 saturated carbocycles. The van der Waals surface area contributed by atoms with Gasteiger partial charge in [-0.25, -0.2) is 4.98 Å². The molecule has 2 aromatic carbocycles. The van der Waals surface area contributed by atoms with Gasteiger partial charge in [-0.3, -0.25) is 4.79 Å². The number of carbonyl (C=O) groups is 1. The van der Waals surface area contributed by atoms with Crippen molar-refractivity contribution in [3.8, 4) is 17.0 Å². The van der Waals surface area contributed by atoms with E-state index >= 15 is 0 Å². The summed E-state index contributed by atoms with van der Waals surface area (Å²) in [5, 5.41) is 10.4. The fourth-order valence-electron chi connectivity index (χ4n) is 3.71. The maximum atomic E-state index is 13.4. The number of carbonyl (C=O) groups excluding carboxylic acids is 1. The van der Waals surface area contributed by atoms with Gasteiger partial charge in [0.25, 0.3) is 5.91 Å². The third kappa shape index (κ3) is 3.26. The molecule has 1 aliphatic rings. The van der Waals surface area contributed by atoms with E-state index in [1.54, 1.807) is 12.0 Å². The monoisotopic (exact) mass is 362 g/mol. The van der Waals surface area contributed by atoms with Crippen LogP contribution in [0, 0.1) is 0 Å². The van der Waals surface area contributed by atoms with Gasteiger partial charge >= 0.3 is 0 Å². The summed E-state index contributed by atoms with van der Waals surface area (Å²) >= 11 is 0. The molecule has 1 saturated heterocycles. The molecule has 4 rings (SSSR count). The Labute approximate surface area is 158 Å². The Bertz CT molecular complexity index is 972. The molecule has 1 aromatic heterocycles. The first kappa shape index (κ1) is 17.5. The molecule has 138 valence electrons. The second-order valence-electron chi connectivity index (χ2n) is 6.78. The Balaban J connectivity index is 1.89. The van der Waals surface area contributed by atoms with Crippen molar-refractivity contribution >= 4 is 16.8 Å². The number of ether oxygens (including phenoxy) is 1. The van der Waals surface area contributed by atoms with Crippen molar-refractivity contribution in [2.75, 3.05) is 20.3 Å². The number of hydrogen-bond acceptors (Lipinski definition) is 4. The summed E-state index contributed by atoms with van der Waals surface area (Å²) in [6.07, 6.45) is 1.75. The SMILES string of the molecule is COc1ccc2nc(-c3ccccc3)cc(C(=O)N3CCC[C@H]3CO)c2c1. The van der Waals surface area contributed by atoms with E-state index < -0.39 is 0 Å². The van der Waals surface area contributed by atoms with Crippen LogP contribution in [0.15, 0.2) is 54.6 Å². The molecule has 3 aromatic rings. The predicted octanol–water partition coefficient (Wildman–Crippen LogP) is 3.51. The van der Waals surface area contributed by atoms with Gasteiger partial charge in [-0.2, -0.15) is 0 Å². The van der Waals surface area contributed by atoms with Crippen molar-refractivity contribution in [1.82, 2.24) is 9.88 Å². The average Bonchev–Trinajstić information content (AvgIpc) is 3.21. The number of fused-ring (bicyclic) bond motifs is 1. The quantitative estimate of drug-likeness (QED) is 0.771. The molecular formula is C22H22N2O3. The third-order valence-electron chi connectivity index (χ3n) is 5.16. The molecule has 1 N–H and O–H groups in total. The molecule has 5 heteroatoms. The lowest BCUT2D eigenvalue weighted by atomic mass is 10.0. The maximum Gasteiger partial charge on any atom is 0.254 e. The van der Waals surface area contributed by atoms with Gasteiger partial charge in [0.1, 0.15) is 5.75 Å². The van der Waals surface area contributed by atoms with Crippen molar-refractivity contribution in [2.45, 2.75) is 18.9 Å². The number of amides is 1. The highest BCUT2D eigenvalue weighted by atomic mass is 16.5. The first-order chi connectivity index (χ1) is 13.2. The van der Waals surface area contributed by atoms with Crippen LogP contribution in [0.1, 0.15) is 23.2 Å². The van der Waals surface area contributed by atoms with Crippen LogP contribution in [0.4, 0.5) is 0 Å². The topological polar surface area (TPSA) is 62.7 Å². The van der Waals surface area contributed by atoms with E-state index in [0.717, 1.165) is 35.0 Å². The summed E-state index contributed by atoms with van der Waals surface area (Å²) in [4.78, 5) is 19.9. The number of nitrogens with zero attached hydrogens (tertiary/aromatic N) is 2. The molecule has 0 unspecified atom stereocenters. The Morgan fingerprint density at radius 1 is 1.22 bits per heavy atom. The van der Waals surface area contributed by atoms with Crippen LogP contribution in [0.3, 0.4) is 0 Å². The second kappa shape index (κ2) is 7.37. The summed E-state index contributed by atoms with van der Waals surface area (Å²) in [5.74, 6) is 0.621. The molecule has 27 heavy (non-hydrogen) atoms. The molecule has 1 fully saturated rings. The molecule has 0 spiro atoms. The van der Waals surface area contributed by atoms with Gasteiger partial charge in [0.15, 0.2) is 0 Å². The van der Waals surface area contributed by atoms with E-state index in [0.29, 0.717) is 17.9 Å². The minimum atomic E-state index is -0.119. The van der Waals surface area contributed by atoms with E-state index in [9.17, 15) is 9.90 Å². The molecule has 0 radical (unpaired) electrons. The first-order valence-electron chi connectivity index (χ1n) is 9.17. The molecule has 0 aliphatic carbocycles. The maximum absolute atomic E-state index is 13.4. The lowest BCUT2D eigenvalue weighted by Gasteiger charge is -2.24. The Morgan fingerprint density at radius 3 is 2.78 bits per heavy atom. The van der Waals surface area contributed by atoms with Gasteiger partial charge in [0, 0.05) is 17.5 Å². The summed E-state index contributed by atoms with van der Waals surface area (Å²) in [6, 6.07) is 17.2. The standard InChI is InChI=1S/C22H22N2O3/c1-27-17-9-10-20-18(12-17)19(22(26)24-11-5-8-16(24)14-25)13-21(23-20)15-6-3-2-4-7-15/h2-4,6-7,9-10,12-13,16,25H,5,8,11,14H2,1H3/t16-/m0/s1. The molecule has 5 nitrogen and oxygen atoms in total. The first-order valence-corrected chi connectivity index (χ1v) is 9.17. The Kier molecular flexibility index (Phi) is 4.77. The number of rotatable bonds is 4. The van der Waals surface area contributed by atoms with Crippen LogP contribution in [0.25, 0.3) is 22.2 Å². The zero-order valence-corrected chi connectivity index (χ0v) is 15.3. The summed E-state index contributed by atoms with van der Waals surface area (Å²) in [5.41, 5.74) is 3.07. The van der Waals surface area contributed by atoms with E-state index in [4.69, 9.17) is 9.72 Å². The number of aliphatic hydroxyl groups is 1. The minimum Gasteiger partial charge on any atom is -0.497 e. The van der Waals surface area contributed by atoms with Gasteiger partial charge in [0.05, 0.1) is 36.5 Å².